The maximum absolute atomic E-state index is 12.2. The standard InChI is InChI=1S/C11H17FN2O3/c1-7(9-5-8(6-12)17-14-9)13-10(15)16-11(2,3)4/h5,7H,6H2,1-4H3,(H,13,15)/t7-/m0/s1. The third-order valence-corrected chi connectivity index (χ3v) is 1.89. The van der Waals surface area contributed by atoms with Gasteiger partial charge in [0.1, 0.15) is 18.0 Å². The van der Waals surface area contributed by atoms with Crippen LogP contribution in [0.2, 0.25) is 0 Å². The van der Waals surface area contributed by atoms with Crippen molar-refractivity contribution in [2.75, 3.05) is 0 Å². The lowest BCUT2D eigenvalue weighted by Crippen LogP contribution is -2.34. The molecule has 5 nitrogen and oxygen atoms in total. The summed E-state index contributed by atoms with van der Waals surface area (Å²) in [5.74, 6) is 0.137. The highest BCUT2D eigenvalue weighted by Crippen LogP contribution is 2.14. The molecule has 0 saturated carbocycles. The van der Waals surface area contributed by atoms with Gasteiger partial charge in [0.15, 0.2) is 5.76 Å². The summed E-state index contributed by atoms with van der Waals surface area (Å²) in [6, 6.07) is 1.07. The number of carbonyl (C=O) groups excluding carboxylic acids is 1. The Balaban J connectivity index is 2.54. The van der Waals surface area contributed by atoms with Crippen molar-refractivity contribution in [2.45, 2.75) is 46.0 Å². The highest BCUT2D eigenvalue weighted by atomic mass is 19.1. The van der Waals surface area contributed by atoms with Gasteiger partial charge < -0.3 is 14.6 Å². The number of hydrogen-bond acceptors (Lipinski definition) is 4. The fourth-order valence-electron chi connectivity index (χ4n) is 1.15. The molecule has 0 radical (unpaired) electrons. The van der Waals surface area contributed by atoms with Gasteiger partial charge in [0.05, 0.1) is 6.04 Å². The summed E-state index contributed by atoms with van der Waals surface area (Å²) in [4.78, 5) is 11.5. The molecular weight excluding hydrogens is 227 g/mol. The van der Waals surface area contributed by atoms with E-state index in [4.69, 9.17) is 9.26 Å². The molecule has 0 fully saturated rings. The number of nitrogens with zero attached hydrogens (tertiary/aromatic N) is 1. The number of hydrogen-bond donors (Lipinski definition) is 1. The van der Waals surface area contributed by atoms with E-state index in [0.29, 0.717) is 5.69 Å². The highest BCUT2D eigenvalue weighted by molar-refractivity contribution is 5.68. The molecule has 0 spiro atoms. The molecule has 6 heteroatoms. The minimum Gasteiger partial charge on any atom is -0.444 e. The van der Waals surface area contributed by atoms with E-state index in [1.807, 2.05) is 0 Å². The smallest absolute Gasteiger partial charge is 0.408 e. The van der Waals surface area contributed by atoms with Gasteiger partial charge in [-0.15, -0.1) is 0 Å². The molecule has 0 aliphatic rings. The molecule has 1 amide bonds. The van der Waals surface area contributed by atoms with Crippen LogP contribution in [0.1, 0.15) is 45.2 Å². The van der Waals surface area contributed by atoms with Crippen molar-refractivity contribution in [3.8, 4) is 0 Å². The Morgan fingerprint density at radius 3 is 2.76 bits per heavy atom. The Morgan fingerprint density at radius 2 is 2.29 bits per heavy atom. The van der Waals surface area contributed by atoms with Gasteiger partial charge in [-0.2, -0.15) is 0 Å². The molecule has 1 heterocycles. The Morgan fingerprint density at radius 1 is 1.65 bits per heavy atom. The average Bonchev–Trinajstić information content (AvgIpc) is 2.62. The van der Waals surface area contributed by atoms with E-state index in [1.54, 1.807) is 27.7 Å². The number of halogens is 1. The zero-order valence-electron chi connectivity index (χ0n) is 10.4. The molecule has 0 aliphatic heterocycles. The second kappa shape index (κ2) is 5.16. The van der Waals surface area contributed by atoms with E-state index in [2.05, 4.69) is 10.5 Å². The van der Waals surface area contributed by atoms with E-state index in [-0.39, 0.29) is 5.76 Å². The lowest BCUT2D eigenvalue weighted by atomic mass is 10.2. The molecule has 0 bridgehead atoms. The number of carbonyl (C=O) groups is 1. The van der Waals surface area contributed by atoms with Gasteiger partial charge in [0.25, 0.3) is 0 Å². The molecule has 1 N–H and O–H groups in total. The van der Waals surface area contributed by atoms with Crippen molar-refractivity contribution in [1.82, 2.24) is 10.5 Å². The molecule has 1 aromatic heterocycles. The quantitative estimate of drug-likeness (QED) is 0.887. The van der Waals surface area contributed by atoms with Crippen LogP contribution in [0.5, 0.6) is 0 Å². The molecule has 0 aromatic carbocycles. The Labute approximate surface area is 99.3 Å². The lowest BCUT2D eigenvalue weighted by Gasteiger charge is -2.21. The van der Waals surface area contributed by atoms with Gasteiger partial charge in [-0.3, -0.25) is 0 Å². The van der Waals surface area contributed by atoms with Crippen LogP contribution in [0.25, 0.3) is 0 Å². The molecule has 1 aromatic rings. The first kappa shape index (κ1) is 13.5. The van der Waals surface area contributed by atoms with Gasteiger partial charge in [-0.1, -0.05) is 5.16 Å². The van der Waals surface area contributed by atoms with Crippen LogP contribution < -0.4 is 5.32 Å². The zero-order valence-corrected chi connectivity index (χ0v) is 10.4. The summed E-state index contributed by atoms with van der Waals surface area (Å²) in [6.07, 6.45) is -0.546. The first-order valence-corrected chi connectivity index (χ1v) is 5.33. The fraction of sp³-hybridized carbons (Fsp3) is 0.636. The maximum atomic E-state index is 12.2. The van der Waals surface area contributed by atoms with Crippen LogP contribution in [0, 0.1) is 0 Å². The van der Waals surface area contributed by atoms with Crippen molar-refractivity contribution in [1.29, 1.82) is 0 Å². The minimum absolute atomic E-state index is 0.137. The first-order chi connectivity index (χ1) is 7.81. The van der Waals surface area contributed by atoms with Crippen LogP contribution in [0.3, 0.4) is 0 Å². The third kappa shape index (κ3) is 4.42. The first-order valence-electron chi connectivity index (χ1n) is 5.33. The zero-order chi connectivity index (χ0) is 13.1. The second-order valence-corrected chi connectivity index (χ2v) is 4.72. The number of ether oxygens (including phenoxy) is 1. The van der Waals surface area contributed by atoms with Crippen LogP contribution in [0.15, 0.2) is 10.6 Å². The molecule has 1 rings (SSSR count). The molecule has 17 heavy (non-hydrogen) atoms. The third-order valence-electron chi connectivity index (χ3n) is 1.89. The molecule has 96 valence electrons. The Kier molecular flexibility index (Phi) is 4.09. The number of rotatable bonds is 3. The summed E-state index contributed by atoms with van der Waals surface area (Å²) in [7, 11) is 0. The normalized spacial score (nSPS) is 13.2. The van der Waals surface area contributed by atoms with E-state index < -0.39 is 24.4 Å². The second-order valence-electron chi connectivity index (χ2n) is 4.72. The summed E-state index contributed by atoms with van der Waals surface area (Å²) in [6.45, 7) is 6.31. The van der Waals surface area contributed by atoms with Crippen LogP contribution in [-0.4, -0.2) is 16.9 Å². The lowest BCUT2D eigenvalue weighted by molar-refractivity contribution is 0.0506. The predicted molar refractivity (Wildman–Crippen MR) is 59.1 cm³/mol. The number of alkyl carbamates (subject to hydrolysis) is 1. The monoisotopic (exact) mass is 244 g/mol. The molecule has 0 aliphatic carbocycles. The molecule has 0 unspecified atom stereocenters. The van der Waals surface area contributed by atoms with E-state index in [1.165, 1.54) is 6.07 Å². The number of aromatic nitrogens is 1. The summed E-state index contributed by atoms with van der Waals surface area (Å²) < 4.78 is 22.0. The van der Waals surface area contributed by atoms with Gasteiger partial charge in [0, 0.05) is 6.07 Å². The summed E-state index contributed by atoms with van der Waals surface area (Å²) >= 11 is 0. The minimum atomic E-state index is -0.716. The molecule has 0 saturated heterocycles. The maximum Gasteiger partial charge on any atom is 0.408 e. The van der Waals surface area contributed by atoms with Gasteiger partial charge in [-0.05, 0) is 27.7 Å². The largest absolute Gasteiger partial charge is 0.444 e. The topological polar surface area (TPSA) is 64.4 Å². The van der Waals surface area contributed by atoms with Crippen molar-refractivity contribution in [2.24, 2.45) is 0 Å². The summed E-state index contributed by atoms with van der Waals surface area (Å²) in [5, 5.41) is 6.24. The number of nitrogens with one attached hydrogen (secondary N) is 1. The van der Waals surface area contributed by atoms with Crippen molar-refractivity contribution >= 4 is 6.09 Å². The van der Waals surface area contributed by atoms with Gasteiger partial charge in [0.2, 0.25) is 0 Å². The fourth-order valence-corrected chi connectivity index (χ4v) is 1.15. The predicted octanol–water partition coefficient (Wildman–Crippen LogP) is 2.73. The Bertz CT molecular complexity index is 384. The van der Waals surface area contributed by atoms with Gasteiger partial charge >= 0.3 is 6.09 Å². The average molecular weight is 244 g/mol. The summed E-state index contributed by atoms with van der Waals surface area (Å²) in [5.41, 5.74) is -0.0962. The molecular formula is C11H17FN2O3. The number of alkyl halides is 1. The van der Waals surface area contributed by atoms with Crippen molar-refractivity contribution in [3.63, 3.8) is 0 Å². The molecule has 1 atom stereocenters. The van der Waals surface area contributed by atoms with Gasteiger partial charge in [-0.25, -0.2) is 9.18 Å². The number of amides is 1. The van der Waals surface area contributed by atoms with Crippen LogP contribution in [0.4, 0.5) is 9.18 Å². The van der Waals surface area contributed by atoms with Crippen LogP contribution in [-0.2, 0) is 11.4 Å². The Hall–Kier alpha value is -1.59. The van der Waals surface area contributed by atoms with Crippen molar-refractivity contribution in [3.05, 3.63) is 17.5 Å². The van der Waals surface area contributed by atoms with Crippen molar-refractivity contribution < 1.29 is 18.4 Å². The SMILES string of the molecule is C[C@H](NC(=O)OC(C)(C)C)c1cc(CF)on1. The highest BCUT2D eigenvalue weighted by Gasteiger charge is 2.19. The van der Waals surface area contributed by atoms with Crippen LogP contribution >= 0.6 is 0 Å². The van der Waals surface area contributed by atoms with E-state index in [9.17, 15) is 9.18 Å². The van der Waals surface area contributed by atoms with E-state index >= 15 is 0 Å². The van der Waals surface area contributed by atoms with E-state index in [0.717, 1.165) is 0 Å².